The predicted molar refractivity (Wildman–Crippen MR) is 93.0 cm³/mol. The zero-order chi connectivity index (χ0) is 16.2. The van der Waals surface area contributed by atoms with E-state index in [4.69, 9.17) is 4.74 Å². The molecule has 3 heteroatoms. The van der Waals surface area contributed by atoms with Gasteiger partial charge in [-0.1, -0.05) is 24.3 Å². The molecule has 0 heterocycles. The van der Waals surface area contributed by atoms with E-state index in [-0.39, 0.29) is 5.97 Å². The molecule has 2 aromatic carbocycles. The molecule has 0 saturated carbocycles. The van der Waals surface area contributed by atoms with E-state index in [9.17, 15) is 4.79 Å². The molecule has 1 aliphatic carbocycles. The van der Waals surface area contributed by atoms with Crippen LogP contribution in [0.4, 0.5) is 5.69 Å². The van der Waals surface area contributed by atoms with Gasteiger partial charge < -0.3 is 9.64 Å². The normalized spacial score (nSPS) is 16.0. The van der Waals surface area contributed by atoms with Gasteiger partial charge in [-0.3, -0.25) is 0 Å². The Morgan fingerprint density at radius 1 is 1.13 bits per heavy atom. The predicted octanol–water partition coefficient (Wildman–Crippen LogP) is 3.71. The van der Waals surface area contributed by atoms with Crippen molar-refractivity contribution in [2.75, 3.05) is 25.6 Å². The summed E-state index contributed by atoms with van der Waals surface area (Å²) in [6.07, 6.45) is 3.33. The summed E-state index contributed by atoms with van der Waals surface area (Å²) in [6, 6.07) is 16.5. The molecule has 0 N–H and O–H groups in total. The molecule has 0 aromatic heterocycles. The number of carbonyl (C=O) groups is 1. The number of hydrogen-bond acceptors (Lipinski definition) is 3. The van der Waals surface area contributed by atoms with Gasteiger partial charge in [-0.25, -0.2) is 4.79 Å². The minimum atomic E-state index is -0.250. The minimum Gasteiger partial charge on any atom is -0.465 e. The van der Waals surface area contributed by atoms with Crippen LogP contribution < -0.4 is 4.90 Å². The smallest absolute Gasteiger partial charge is 0.337 e. The van der Waals surface area contributed by atoms with Gasteiger partial charge in [-0.15, -0.1) is 0 Å². The number of benzene rings is 2. The number of carbonyl (C=O) groups excluding carboxylic acids is 1. The maximum absolute atomic E-state index is 11.6. The first-order chi connectivity index (χ1) is 11.2. The quantitative estimate of drug-likeness (QED) is 0.789. The Hall–Kier alpha value is -2.29. The summed E-state index contributed by atoms with van der Waals surface area (Å²) in [5, 5.41) is 0. The second kappa shape index (κ2) is 6.86. The third kappa shape index (κ3) is 3.55. The first-order valence-corrected chi connectivity index (χ1v) is 8.13. The molecule has 0 unspecified atom stereocenters. The van der Waals surface area contributed by atoms with Crippen molar-refractivity contribution in [2.45, 2.75) is 19.3 Å². The minimum absolute atomic E-state index is 0.250. The molecular weight excluding hydrogens is 286 g/mol. The van der Waals surface area contributed by atoms with Gasteiger partial charge in [0.2, 0.25) is 0 Å². The Balaban J connectivity index is 1.58. The number of nitrogens with zero attached hydrogens (tertiary/aromatic N) is 1. The fraction of sp³-hybridized carbons (Fsp3) is 0.350. The van der Waals surface area contributed by atoms with Gasteiger partial charge in [0.15, 0.2) is 0 Å². The van der Waals surface area contributed by atoms with E-state index in [1.165, 1.54) is 23.9 Å². The molecule has 0 fully saturated rings. The lowest BCUT2D eigenvalue weighted by atomic mass is 10.0. The summed E-state index contributed by atoms with van der Waals surface area (Å²) in [4.78, 5) is 13.9. The number of ether oxygens (including phenoxy) is 1. The molecule has 0 spiro atoms. The van der Waals surface area contributed by atoms with Crippen molar-refractivity contribution >= 4 is 11.7 Å². The molecule has 3 rings (SSSR count). The fourth-order valence-corrected chi connectivity index (χ4v) is 3.35. The van der Waals surface area contributed by atoms with Gasteiger partial charge in [0.05, 0.1) is 12.7 Å². The number of anilines is 1. The number of methoxy groups -OCH3 is 1. The molecule has 0 amide bonds. The van der Waals surface area contributed by atoms with Crippen molar-refractivity contribution < 1.29 is 9.53 Å². The van der Waals surface area contributed by atoms with Crippen LogP contribution in [0.2, 0.25) is 0 Å². The van der Waals surface area contributed by atoms with Crippen LogP contribution in [0.1, 0.15) is 27.9 Å². The molecule has 23 heavy (non-hydrogen) atoms. The van der Waals surface area contributed by atoms with Crippen molar-refractivity contribution in [2.24, 2.45) is 5.92 Å². The molecule has 1 aliphatic rings. The van der Waals surface area contributed by atoms with Crippen LogP contribution in [0.5, 0.6) is 0 Å². The van der Waals surface area contributed by atoms with Gasteiger partial charge in [0, 0.05) is 19.3 Å². The molecule has 2 aromatic rings. The molecule has 0 saturated heterocycles. The van der Waals surface area contributed by atoms with Gasteiger partial charge >= 0.3 is 5.97 Å². The van der Waals surface area contributed by atoms with E-state index in [2.05, 4.69) is 42.3 Å². The van der Waals surface area contributed by atoms with Gasteiger partial charge in [0.25, 0.3) is 0 Å². The summed E-state index contributed by atoms with van der Waals surface area (Å²) < 4.78 is 4.81. The highest BCUT2D eigenvalue weighted by Crippen LogP contribution is 2.30. The summed E-state index contributed by atoms with van der Waals surface area (Å²) in [7, 11) is 3.57. The van der Waals surface area contributed by atoms with E-state index < -0.39 is 0 Å². The maximum Gasteiger partial charge on any atom is 0.337 e. The van der Waals surface area contributed by atoms with Crippen molar-refractivity contribution in [3.05, 3.63) is 65.2 Å². The number of para-hydroxylation sites is 1. The van der Waals surface area contributed by atoms with Crippen LogP contribution in [-0.2, 0) is 17.6 Å². The third-order valence-electron chi connectivity index (χ3n) is 4.71. The average Bonchev–Trinajstić information content (AvgIpc) is 3.01. The summed E-state index contributed by atoms with van der Waals surface area (Å²) in [5.74, 6) is 0.407. The molecule has 0 bridgehead atoms. The number of hydrogen-bond donors (Lipinski definition) is 0. The lowest BCUT2D eigenvalue weighted by Gasteiger charge is -2.21. The molecular formula is C20H23NO2. The van der Waals surface area contributed by atoms with E-state index in [0.29, 0.717) is 11.5 Å². The summed E-state index contributed by atoms with van der Waals surface area (Å²) in [6.45, 7) is 1.05. The van der Waals surface area contributed by atoms with Crippen molar-refractivity contribution in [3.8, 4) is 0 Å². The molecule has 120 valence electrons. The van der Waals surface area contributed by atoms with Crippen LogP contribution in [0.25, 0.3) is 0 Å². The highest BCUT2D eigenvalue weighted by atomic mass is 16.5. The van der Waals surface area contributed by atoms with Crippen LogP contribution >= 0.6 is 0 Å². The van der Waals surface area contributed by atoms with Crippen LogP contribution in [0, 0.1) is 5.92 Å². The van der Waals surface area contributed by atoms with Crippen molar-refractivity contribution in [1.29, 1.82) is 0 Å². The topological polar surface area (TPSA) is 29.5 Å². The summed E-state index contributed by atoms with van der Waals surface area (Å²) >= 11 is 0. The standard InChI is InChI=1S/C20H23NO2/c1-21(19-6-4-3-5-7-19)11-10-15-12-16-8-9-17(20(22)23-2)14-18(16)13-15/h3-9,14-15H,10-13H2,1-2H3/t15-/m1/s1. The maximum atomic E-state index is 11.6. The Kier molecular flexibility index (Phi) is 4.65. The van der Waals surface area contributed by atoms with Crippen molar-refractivity contribution in [1.82, 2.24) is 0 Å². The zero-order valence-corrected chi connectivity index (χ0v) is 13.8. The Morgan fingerprint density at radius 2 is 1.87 bits per heavy atom. The third-order valence-corrected chi connectivity index (χ3v) is 4.71. The zero-order valence-electron chi connectivity index (χ0n) is 13.8. The van der Waals surface area contributed by atoms with E-state index >= 15 is 0 Å². The van der Waals surface area contributed by atoms with Gasteiger partial charge in [-0.2, -0.15) is 0 Å². The largest absolute Gasteiger partial charge is 0.465 e. The van der Waals surface area contributed by atoms with E-state index in [0.717, 1.165) is 25.8 Å². The number of fused-ring (bicyclic) bond motifs is 1. The average molecular weight is 309 g/mol. The molecule has 0 aliphatic heterocycles. The lowest BCUT2D eigenvalue weighted by Crippen LogP contribution is -2.21. The van der Waals surface area contributed by atoms with Crippen molar-refractivity contribution in [3.63, 3.8) is 0 Å². The first-order valence-electron chi connectivity index (χ1n) is 8.13. The monoisotopic (exact) mass is 309 g/mol. The number of rotatable bonds is 5. The second-order valence-electron chi connectivity index (χ2n) is 6.30. The molecule has 1 atom stereocenters. The Morgan fingerprint density at radius 3 is 2.61 bits per heavy atom. The van der Waals surface area contributed by atoms with Crippen LogP contribution in [0.15, 0.2) is 48.5 Å². The van der Waals surface area contributed by atoms with E-state index in [1.54, 1.807) is 0 Å². The Labute approximate surface area is 137 Å². The first kappa shape index (κ1) is 15.6. The summed E-state index contributed by atoms with van der Waals surface area (Å²) in [5.41, 5.74) is 4.61. The van der Waals surface area contributed by atoms with Gasteiger partial charge in [-0.05, 0) is 60.6 Å². The Bertz CT molecular complexity index is 681. The molecule has 3 nitrogen and oxygen atoms in total. The highest BCUT2D eigenvalue weighted by Gasteiger charge is 2.23. The fourth-order valence-electron chi connectivity index (χ4n) is 3.35. The SMILES string of the molecule is COC(=O)c1ccc2c(c1)C[C@H](CCN(C)c1ccccc1)C2. The highest BCUT2D eigenvalue weighted by molar-refractivity contribution is 5.89. The number of esters is 1. The van der Waals surface area contributed by atoms with E-state index in [1.807, 2.05) is 18.2 Å². The lowest BCUT2D eigenvalue weighted by molar-refractivity contribution is 0.0600. The van der Waals surface area contributed by atoms with Gasteiger partial charge in [0.1, 0.15) is 0 Å². The second-order valence-corrected chi connectivity index (χ2v) is 6.30. The molecule has 0 radical (unpaired) electrons. The van der Waals surface area contributed by atoms with Crippen LogP contribution in [0.3, 0.4) is 0 Å². The van der Waals surface area contributed by atoms with Crippen LogP contribution in [-0.4, -0.2) is 26.7 Å².